The van der Waals surface area contributed by atoms with Crippen LogP contribution in [0.25, 0.3) is 0 Å². The predicted octanol–water partition coefficient (Wildman–Crippen LogP) is 9.49. The van der Waals surface area contributed by atoms with Crippen molar-refractivity contribution >= 4 is 37.2 Å². The molecule has 1 heterocycles. The van der Waals surface area contributed by atoms with Crippen LogP contribution in [0.1, 0.15) is 67.5 Å². The molecule has 0 aliphatic carbocycles. The molecule has 1 atom stereocenters. The first kappa shape index (κ1) is 31.5. The molecule has 0 fully saturated rings. The van der Waals surface area contributed by atoms with Crippen LogP contribution in [0.15, 0.2) is 79.1 Å². The zero-order valence-corrected chi connectivity index (χ0v) is 27.5. The van der Waals surface area contributed by atoms with Gasteiger partial charge in [0.1, 0.15) is 0 Å². The van der Waals surface area contributed by atoms with Crippen LogP contribution in [0.3, 0.4) is 0 Å². The standard InChI is InChI=1S/C34H43ClN4O2Si/c1-23(2)26-16-13-17-27(24(3)4)31(26)38-33(40)39-32-30(36-22-37-32)21-41-34(42(5,6)7,20-25-14-9-8-10-15-25)28-18-11-12-19-29(28)35/h8-19,22-24H,20-21H2,1-7H3,(H,36,37)(H2,38,39,40). The minimum Gasteiger partial charge on any atom is -0.367 e. The SMILES string of the molecule is CC(C)c1cccc(C(C)C)c1NC(=O)Nc1nc[nH]c1COC(Cc1ccccc1)(c1ccccc1Cl)[Si](C)(C)C. The minimum atomic E-state index is -2.10. The molecule has 3 aromatic carbocycles. The van der Waals surface area contributed by atoms with Crippen molar-refractivity contribution in [3.05, 3.63) is 112 Å². The van der Waals surface area contributed by atoms with Gasteiger partial charge in [-0.2, -0.15) is 0 Å². The van der Waals surface area contributed by atoms with E-state index in [1.54, 1.807) is 6.33 Å². The maximum Gasteiger partial charge on any atom is 0.324 e. The summed E-state index contributed by atoms with van der Waals surface area (Å²) >= 11 is 6.85. The molecule has 0 aliphatic heterocycles. The Labute approximate surface area is 256 Å². The Kier molecular flexibility index (Phi) is 9.97. The van der Waals surface area contributed by atoms with Crippen molar-refractivity contribution in [3.63, 3.8) is 0 Å². The predicted molar refractivity (Wildman–Crippen MR) is 177 cm³/mol. The number of aromatic nitrogens is 2. The highest BCUT2D eigenvalue weighted by molar-refractivity contribution is 6.78. The lowest BCUT2D eigenvalue weighted by atomic mass is 9.93. The number of rotatable bonds is 11. The number of nitrogens with zero attached hydrogens (tertiary/aromatic N) is 1. The number of aromatic amines is 1. The maximum absolute atomic E-state index is 13.3. The van der Waals surface area contributed by atoms with Crippen LogP contribution < -0.4 is 10.6 Å². The number of anilines is 2. The summed E-state index contributed by atoms with van der Waals surface area (Å²) in [4.78, 5) is 20.9. The van der Waals surface area contributed by atoms with E-state index < -0.39 is 13.3 Å². The number of carbonyl (C=O) groups is 1. The quantitative estimate of drug-likeness (QED) is 0.150. The van der Waals surface area contributed by atoms with Crippen LogP contribution in [0.2, 0.25) is 24.7 Å². The lowest BCUT2D eigenvalue weighted by Crippen LogP contribution is -2.53. The second-order valence-corrected chi connectivity index (χ2v) is 18.2. The first-order valence-corrected chi connectivity index (χ1v) is 18.5. The summed E-state index contributed by atoms with van der Waals surface area (Å²) in [6, 6.07) is 24.2. The number of amides is 2. The first-order valence-electron chi connectivity index (χ1n) is 14.6. The third-order valence-corrected chi connectivity index (χ3v) is 11.2. The normalized spacial score (nSPS) is 13.3. The Bertz CT molecular complexity index is 1470. The molecule has 2 amide bonds. The molecule has 0 bridgehead atoms. The van der Waals surface area contributed by atoms with Crippen molar-refractivity contribution in [3.8, 4) is 0 Å². The van der Waals surface area contributed by atoms with E-state index >= 15 is 0 Å². The highest BCUT2D eigenvalue weighted by Gasteiger charge is 2.47. The first-order chi connectivity index (χ1) is 19.9. The third kappa shape index (κ3) is 6.97. The largest absolute Gasteiger partial charge is 0.367 e. The molecule has 3 N–H and O–H groups in total. The highest BCUT2D eigenvalue weighted by atomic mass is 35.5. The van der Waals surface area contributed by atoms with Gasteiger partial charge in [-0.3, -0.25) is 5.32 Å². The molecule has 0 spiro atoms. The number of carbonyl (C=O) groups excluding carboxylic acids is 1. The molecule has 6 nitrogen and oxygen atoms in total. The van der Waals surface area contributed by atoms with Crippen LogP contribution in [-0.2, 0) is 23.0 Å². The van der Waals surface area contributed by atoms with Gasteiger partial charge in [0.2, 0.25) is 0 Å². The molecule has 1 aromatic heterocycles. The molecule has 42 heavy (non-hydrogen) atoms. The van der Waals surface area contributed by atoms with E-state index in [0.717, 1.165) is 22.4 Å². The lowest BCUT2D eigenvalue weighted by molar-refractivity contribution is -0.00715. The fourth-order valence-corrected chi connectivity index (χ4v) is 8.10. The summed E-state index contributed by atoms with van der Waals surface area (Å²) in [6.45, 7) is 15.6. The number of hydrogen-bond acceptors (Lipinski definition) is 3. The van der Waals surface area contributed by atoms with Gasteiger partial charge in [-0.05, 0) is 40.2 Å². The monoisotopic (exact) mass is 602 g/mol. The Morgan fingerprint density at radius 1 is 0.905 bits per heavy atom. The zero-order chi connectivity index (χ0) is 30.5. The molecule has 222 valence electrons. The number of benzene rings is 3. The van der Waals surface area contributed by atoms with E-state index in [2.05, 4.69) is 116 Å². The average Bonchev–Trinajstić information content (AvgIpc) is 3.37. The van der Waals surface area contributed by atoms with E-state index in [-0.39, 0.29) is 24.5 Å². The molecular formula is C34H43ClN4O2Si. The van der Waals surface area contributed by atoms with Gasteiger partial charge in [0.15, 0.2) is 5.82 Å². The minimum absolute atomic E-state index is 0.220. The fraction of sp³-hybridized carbons (Fsp3) is 0.353. The number of H-pyrrole nitrogens is 1. The summed E-state index contributed by atoms with van der Waals surface area (Å²) in [5, 5.41) is 6.12. The molecule has 0 saturated heterocycles. The zero-order valence-electron chi connectivity index (χ0n) is 25.7. The van der Waals surface area contributed by atoms with Crippen molar-refractivity contribution in [2.75, 3.05) is 10.6 Å². The van der Waals surface area contributed by atoms with Gasteiger partial charge >= 0.3 is 6.03 Å². The van der Waals surface area contributed by atoms with Crippen LogP contribution in [0, 0.1) is 0 Å². The van der Waals surface area contributed by atoms with Gasteiger partial charge in [0.05, 0.1) is 31.9 Å². The van der Waals surface area contributed by atoms with Crippen LogP contribution in [0.5, 0.6) is 0 Å². The molecule has 0 saturated carbocycles. The Hall–Kier alpha value is -3.39. The smallest absolute Gasteiger partial charge is 0.324 e. The number of urea groups is 1. The topological polar surface area (TPSA) is 79.0 Å². The van der Waals surface area contributed by atoms with Gasteiger partial charge in [0.25, 0.3) is 0 Å². The van der Waals surface area contributed by atoms with Crippen LogP contribution in [-0.4, -0.2) is 24.1 Å². The molecule has 1 unspecified atom stereocenters. The van der Waals surface area contributed by atoms with Gasteiger partial charge in [-0.15, -0.1) is 0 Å². The second kappa shape index (κ2) is 13.3. The third-order valence-electron chi connectivity index (χ3n) is 7.84. The van der Waals surface area contributed by atoms with E-state index in [1.807, 2.05) is 24.3 Å². The molecule has 4 rings (SSSR count). The summed E-state index contributed by atoms with van der Waals surface area (Å²) in [5.74, 6) is 0.957. The van der Waals surface area contributed by atoms with Crippen LogP contribution >= 0.6 is 11.6 Å². The second-order valence-electron chi connectivity index (χ2n) is 12.4. The van der Waals surface area contributed by atoms with Gasteiger partial charge < -0.3 is 15.0 Å². The Morgan fingerprint density at radius 2 is 1.52 bits per heavy atom. The average molecular weight is 603 g/mol. The van der Waals surface area contributed by atoms with E-state index in [4.69, 9.17) is 16.3 Å². The lowest BCUT2D eigenvalue weighted by Gasteiger charge is -2.44. The van der Waals surface area contributed by atoms with Crippen molar-refractivity contribution in [1.82, 2.24) is 9.97 Å². The van der Waals surface area contributed by atoms with Gasteiger partial charge in [-0.25, -0.2) is 9.78 Å². The van der Waals surface area contributed by atoms with Gasteiger partial charge in [0, 0.05) is 17.1 Å². The molecule has 0 aliphatic rings. The van der Waals surface area contributed by atoms with Crippen molar-refractivity contribution in [2.45, 2.75) is 77.4 Å². The van der Waals surface area contributed by atoms with E-state index in [9.17, 15) is 4.79 Å². The molecular weight excluding hydrogens is 560 g/mol. The van der Waals surface area contributed by atoms with Crippen LogP contribution in [0.4, 0.5) is 16.3 Å². The number of hydrogen-bond donors (Lipinski definition) is 3. The Morgan fingerprint density at radius 3 is 2.12 bits per heavy atom. The number of para-hydroxylation sites is 1. The van der Waals surface area contributed by atoms with Crippen molar-refractivity contribution < 1.29 is 9.53 Å². The molecule has 0 radical (unpaired) electrons. The van der Waals surface area contributed by atoms with E-state index in [0.29, 0.717) is 23.0 Å². The highest BCUT2D eigenvalue weighted by Crippen LogP contribution is 2.43. The summed E-state index contributed by atoms with van der Waals surface area (Å²) < 4.78 is 6.99. The van der Waals surface area contributed by atoms with Crippen molar-refractivity contribution in [2.24, 2.45) is 0 Å². The van der Waals surface area contributed by atoms with Crippen molar-refractivity contribution in [1.29, 1.82) is 0 Å². The maximum atomic E-state index is 13.3. The number of ether oxygens (including phenoxy) is 1. The Balaban J connectivity index is 1.62. The fourth-order valence-electron chi connectivity index (χ4n) is 5.46. The number of halogens is 1. The van der Waals surface area contributed by atoms with Gasteiger partial charge in [-0.1, -0.05) is 126 Å². The number of nitrogens with one attached hydrogen (secondary N) is 3. The summed E-state index contributed by atoms with van der Waals surface area (Å²) in [6.07, 6.45) is 2.26. The molecule has 4 aromatic rings. The summed E-state index contributed by atoms with van der Waals surface area (Å²) in [5.41, 5.74) is 5.90. The molecule has 8 heteroatoms. The summed E-state index contributed by atoms with van der Waals surface area (Å²) in [7, 11) is -2.10. The van der Waals surface area contributed by atoms with E-state index in [1.165, 1.54) is 5.56 Å². The number of imidazole rings is 1.